The average Bonchev–Trinajstić information content (AvgIpc) is 2.30. The van der Waals surface area contributed by atoms with E-state index in [1.165, 1.54) is 0 Å². The Labute approximate surface area is 109 Å². The number of nitrogens with zero attached hydrogens (tertiary/aromatic N) is 1. The van der Waals surface area contributed by atoms with Gasteiger partial charge < -0.3 is 11.1 Å². The minimum absolute atomic E-state index is 0.0518. The zero-order valence-electron chi connectivity index (χ0n) is 9.70. The molecule has 1 unspecified atom stereocenters. The van der Waals surface area contributed by atoms with Gasteiger partial charge in [0.05, 0.1) is 17.3 Å². The number of hydrogen-bond acceptors (Lipinski definition) is 3. The van der Waals surface area contributed by atoms with Gasteiger partial charge >= 0.3 is 0 Å². The van der Waals surface area contributed by atoms with E-state index in [4.69, 9.17) is 11.0 Å². The highest BCUT2D eigenvalue weighted by Gasteiger charge is 2.18. The molecular weight excluding hydrogens is 282 g/mol. The van der Waals surface area contributed by atoms with E-state index >= 15 is 0 Å². The predicted molar refractivity (Wildman–Crippen MR) is 70.3 cm³/mol. The first-order valence-electron chi connectivity index (χ1n) is 5.21. The SMILES string of the molecule is CC(C)C(N)C(=O)Nc1ccc(Br)cc1C#N. The first kappa shape index (κ1) is 13.7. The van der Waals surface area contributed by atoms with Crippen molar-refractivity contribution in [1.29, 1.82) is 5.26 Å². The number of halogens is 1. The molecular formula is C12H14BrN3O. The number of nitrogens with two attached hydrogens (primary N) is 1. The van der Waals surface area contributed by atoms with Crippen LogP contribution in [0.25, 0.3) is 0 Å². The molecule has 5 heteroatoms. The third kappa shape index (κ3) is 3.55. The van der Waals surface area contributed by atoms with Crippen LogP contribution in [0.1, 0.15) is 19.4 Å². The Kier molecular flexibility index (Phi) is 4.67. The summed E-state index contributed by atoms with van der Waals surface area (Å²) < 4.78 is 0.792. The van der Waals surface area contributed by atoms with Crippen molar-refractivity contribution >= 4 is 27.5 Å². The average molecular weight is 296 g/mol. The van der Waals surface area contributed by atoms with Gasteiger partial charge in [-0.05, 0) is 24.1 Å². The molecule has 17 heavy (non-hydrogen) atoms. The Bertz CT molecular complexity index is 465. The van der Waals surface area contributed by atoms with E-state index in [1.54, 1.807) is 18.2 Å². The van der Waals surface area contributed by atoms with E-state index in [1.807, 2.05) is 19.9 Å². The summed E-state index contributed by atoms with van der Waals surface area (Å²) in [7, 11) is 0. The fraction of sp³-hybridized carbons (Fsp3) is 0.333. The van der Waals surface area contributed by atoms with Crippen LogP contribution in [0.3, 0.4) is 0 Å². The molecule has 90 valence electrons. The molecule has 0 aliphatic rings. The van der Waals surface area contributed by atoms with Crippen molar-refractivity contribution in [3.05, 3.63) is 28.2 Å². The van der Waals surface area contributed by atoms with Crippen LogP contribution in [0.5, 0.6) is 0 Å². The minimum atomic E-state index is -0.579. The van der Waals surface area contributed by atoms with Gasteiger partial charge in [0.15, 0.2) is 0 Å². The molecule has 0 aromatic heterocycles. The van der Waals surface area contributed by atoms with Gasteiger partial charge in [0.2, 0.25) is 5.91 Å². The minimum Gasteiger partial charge on any atom is -0.324 e. The van der Waals surface area contributed by atoms with Gasteiger partial charge in [0.25, 0.3) is 0 Å². The summed E-state index contributed by atoms with van der Waals surface area (Å²) in [5.41, 5.74) is 6.61. The molecule has 0 aliphatic carbocycles. The van der Waals surface area contributed by atoms with Crippen LogP contribution in [0.2, 0.25) is 0 Å². The lowest BCUT2D eigenvalue weighted by molar-refractivity contribution is -0.118. The number of rotatable bonds is 3. The number of hydrogen-bond donors (Lipinski definition) is 2. The highest BCUT2D eigenvalue weighted by Crippen LogP contribution is 2.20. The van der Waals surface area contributed by atoms with Gasteiger partial charge in [-0.25, -0.2) is 0 Å². The van der Waals surface area contributed by atoms with Crippen LogP contribution in [-0.4, -0.2) is 11.9 Å². The summed E-state index contributed by atoms with van der Waals surface area (Å²) in [6, 6.07) is 6.53. The molecule has 3 N–H and O–H groups in total. The zero-order valence-corrected chi connectivity index (χ0v) is 11.3. The summed E-state index contributed by atoms with van der Waals surface area (Å²) in [5, 5.41) is 11.6. The number of carbonyl (C=O) groups excluding carboxylic acids is 1. The van der Waals surface area contributed by atoms with Gasteiger partial charge in [-0.1, -0.05) is 29.8 Å². The fourth-order valence-electron chi connectivity index (χ4n) is 1.24. The summed E-state index contributed by atoms with van der Waals surface area (Å²) in [5.74, 6) is -0.227. The van der Waals surface area contributed by atoms with Crippen LogP contribution in [0.15, 0.2) is 22.7 Å². The predicted octanol–water partition coefficient (Wildman–Crippen LogP) is 2.24. The maximum Gasteiger partial charge on any atom is 0.241 e. The van der Waals surface area contributed by atoms with E-state index in [2.05, 4.69) is 21.2 Å². The normalized spacial score (nSPS) is 12.0. The van der Waals surface area contributed by atoms with Gasteiger partial charge in [-0.2, -0.15) is 5.26 Å². The second-order valence-electron chi connectivity index (χ2n) is 4.06. The zero-order chi connectivity index (χ0) is 13.0. The molecule has 1 aromatic rings. The lowest BCUT2D eigenvalue weighted by Crippen LogP contribution is -2.39. The van der Waals surface area contributed by atoms with E-state index in [0.717, 1.165) is 4.47 Å². The second-order valence-corrected chi connectivity index (χ2v) is 4.98. The highest BCUT2D eigenvalue weighted by molar-refractivity contribution is 9.10. The molecule has 4 nitrogen and oxygen atoms in total. The van der Waals surface area contributed by atoms with E-state index in [-0.39, 0.29) is 11.8 Å². The van der Waals surface area contributed by atoms with E-state index < -0.39 is 6.04 Å². The maximum absolute atomic E-state index is 11.7. The Balaban J connectivity index is 2.89. The summed E-state index contributed by atoms with van der Waals surface area (Å²) >= 11 is 3.27. The molecule has 0 radical (unpaired) electrons. The third-order valence-corrected chi connectivity index (χ3v) is 2.87. The lowest BCUT2D eigenvalue weighted by Gasteiger charge is -2.15. The largest absolute Gasteiger partial charge is 0.324 e. The van der Waals surface area contributed by atoms with Gasteiger partial charge in [-0.3, -0.25) is 4.79 Å². The number of amides is 1. The van der Waals surface area contributed by atoms with Crippen molar-refractivity contribution in [3.63, 3.8) is 0 Å². The molecule has 0 aliphatic heterocycles. The van der Waals surface area contributed by atoms with Gasteiger partial charge in [0.1, 0.15) is 6.07 Å². The summed E-state index contributed by atoms with van der Waals surface area (Å²) in [6.45, 7) is 3.74. The molecule has 0 saturated carbocycles. The third-order valence-electron chi connectivity index (χ3n) is 2.38. The first-order chi connectivity index (χ1) is 7.95. The topological polar surface area (TPSA) is 78.9 Å². The number of nitriles is 1. The Morgan fingerprint density at radius 1 is 1.53 bits per heavy atom. The number of carbonyl (C=O) groups is 1. The van der Waals surface area contributed by atoms with E-state index in [0.29, 0.717) is 11.3 Å². The molecule has 1 aromatic carbocycles. The Hall–Kier alpha value is -1.38. The van der Waals surface area contributed by atoms with Crippen molar-refractivity contribution in [2.75, 3.05) is 5.32 Å². The molecule has 1 rings (SSSR count). The quantitative estimate of drug-likeness (QED) is 0.897. The molecule has 0 bridgehead atoms. The van der Waals surface area contributed by atoms with Crippen LogP contribution < -0.4 is 11.1 Å². The molecule has 0 saturated heterocycles. The van der Waals surface area contributed by atoms with Crippen molar-refractivity contribution in [2.45, 2.75) is 19.9 Å². The van der Waals surface area contributed by atoms with Gasteiger partial charge in [0, 0.05) is 4.47 Å². The Morgan fingerprint density at radius 2 is 2.18 bits per heavy atom. The van der Waals surface area contributed by atoms with Crippen molar-refractivity contribution < 1.29 is 4.79 Å². The fourth-order valence-corrected chi connectivity index (χ4v) is 1.60. The van der Waals surface area contributed by atoms with Crippen LogP contribution in [-0.2, 0) is 4.79 Å². The van der Waals surface area contributed by atoms with Gasteiger partial charge in [-0.15, -0.1) is 0 Å². The first-order valence-corrected chi connectivity index (χ1v) is 6.01. The Morgan fingerprint density at radius 3 is 2.71 bits per heavy atom. The van der Waals surface area contributed by atoms with Crippen LogP contribution in [0.4, 0.5) is 5.69 Å². The van der Waals surface area contributed by atoms with Crippen LogP contribution in [0, 0.1) is 17.2 Å². The highest BCUT2D eigenvalue weighted by atomic mass is 79.9. The maximum atomic E-state index is 11.7. The number of benzene rings is 1. The second kappa shape index (κ2) is 5.80. The smallest absolute Gasteiger partial charge is 0.241 e. The van der Waals surface area contributed by atoms with Crippen LogP contribution >= 0.6 is 15.9 Å². The molecule has 0 fully saturated rings. The lowest BCUT2D eigenvalue weighted by atomic mass is 10.0. The number of anilines is 1. The monoisotopic (exact) mass is 295 g/mol. The molecule has 0 spiro atoms. The molecule has 1 amide bonds. The number of nitrogens with one attached hydrogen (secondary N) is 1. The van der Waals surface area contributed by atoms with Crippen molar-refractivity contribution in [3.8, 4) is 6.07 Å². The molecule has 1 atom stereocenters. The summed E-state index contributed by atoms with van der Waals surface area (Å²) in [6.07, 6.45) is 0. The van der Waals surface area contributed by atoms with Crippen molar-refractivity contribution in [1.82, 2.24) is 0 Å². The molecule has 0 heterocycles. The summed E-state index contributed by atoms with van der Waals surface area (Å²) in [4.78, 5) is 11.7. The standard InChI is InChI=1S/C12H14BrN3O/c1-7(2)11(15)12(17)16-10-4-3-9(13)5-8(10)6-14/h3-5,7,11H,15H2,1-2H3,(H,16,17). The van der Waals surface area contributed by atoms with E-state index in [9.17, 15) is 4.79 Å². The van der Waals surface area contributed by atoms with Crippen molar-refractivity contribution in [2.24, 2.45) is 11.7 Å².